The van der Waals surface area contributed by atoms with Gasteiger partial charge in [0, 0.05) is 19.1 Å². The highest BCUT2D eigenvalue weighted by Crippen LogP contribution is 2.18. The van der Waals surface area contributed by atoms with Crippen molar-refractivity contribution in [3.8, 4) is 0 Å². The quantitative estimate of drug-likeness (QED) is 0.827. The summed E-state index contributed by atoms with van der Waals surface area (Å²) in [7, 11) is 0. The minimum atomic E-state index is -0.495. The van der Waals surface area contributed by atoms with E-state index >= 15 is 0 Å². The molecule has 0 aromatic heterocycles. The van der Waals surface area contributed by atoms with E-state index in [1.54, 1.807) is 0 Å². The van der Waals surface area contributed by atoms with Crippen LogP contribution in [0.4, 0.5) is 4.79 Å². The van der Waals surface area contributed by atoms with Crippen LogP contribution in [0.25, 0.3) is 0 Å². The average molecular weight is 347 g/mol. The van der Waals surface area contributed by atoms with Crippen molar-refractivity contribution >= 4 is 12.0 Å². The number of likely N-dealkylation sites (tertiary alicyclic amines) is 1. The van der Waals surface area contributed by atoms with Gasteiger partial charge in [-0.1, -0.05) is 44.2 Å². The molecule has 1 aliphatic rings. The lowest BCUT2D eigenvalue weighted by atomic mass is 9.98. The van der Waals surface area contributed by atoms with Crippen LogP contribution in [-0.2, 0) is 16.1 Å². The van der Waals surface area contributed by atoms with Gasteiger partial charge in [0.2, 0.25) is 5.91 Å². The zero-order chi connectivity index (χ0) is 18.2. The molecule has 2 unspecified atom stereocenters. The van der Waals surface area contributed by atoms with E-state index in [1.807, 2.05) is 49.1 Å². The summed E-state index contributed by atoms with van der Waals surface area (Å²) in [6.45, 7) is 5.22. The maximum absolute atomic E-state index is 12.6. The van der Waals surface area contributed by atoms with Crippen molar-refractivity contribution in [3.05, 3.63) is 35.9 Å². The lowest BCUT2D eigenvalue weighted by molar-refractivity contribution is -0.137. The van der Waals surface area contributed by atoms with Crippen LogP contribution < -0.4 is 11.1 Å². The summed E-state index contributed by atoms with van der Waals surface area (Å²) in [5, 5.41) is 2.78. The van der Waals surface area contributed by atoms with E-state index in [1.165, 1.54) is 0 Å². The van der Waals surface area contributed by atoms with Crippen molar-refractivity contribution in [3.63, 3.8) is 0 Å². The fourth-order valence-electron chi connectivity index (χ4n) is 2.95. The molecule has 1 saturated heterocycles. The Morgan fingerprint density at radius 2 is 2.00 bits per heavy atom. The fourth-order valence-corrected chi connectivity index (χ4v) is 2.95. The van der Waals surface area contributed by atoms with Crippen LogP contribution in [0.1, 0.15) is 38.7 Å². The van der Waals surface area contributed by atoms with Gasteiger partial charge in [0.25, 0.3) is 0 Å². The number of carbonyl (C=O) groups excluding carboxylic acids is 2. The summed E-state index contributed by atoms with van der Waals surface area (Å²) < 4.78 is 5.22. The summed E-state index contributed by atoms with van der Waals surface area (Å²) in [5.74, 6) is 0.0676. The van der Waals surface area contributed by atoms with Crippen LogP contribution in [0, 0.1) is 5.92 Å². The molecule has 0 bridgehead atoms. The maximum Gasteiger partial charge on any atom is 0.407 e. The number of nitrogens with one attached hydrogen (secondary N) is 1. The minimum Gasteiger partial charge on any atom is -0.445 e. The second kappa shape index (κ2) is 9.42. The fraction of sp³-hybridized carbons (Fsp3) is 0.579. The van der Waals surface area contributed by atoms with Gasteiger partial charge in [-0.15, -0.1) is 0 Å². The zero-order valence-corrected chi connectivity index (χ0v) is 15.1. The van der Waals surface area contributed by atoms with Crippen LogP contribution in [0.2, 0.25) is 0 Å². The Bertz CT molecular complexity index is 562. The Balaban J connectivity index is 1.82. The van der Waals surface area contributed by atoms with Crippen molar-refractivity contribution in [2.75, 3.05) is 13.1 Å². The van der Waals surface area contributed by atoms with Gasteiger partial charge in [-0.3, -0.25) is 4.79 Å². The Labute approximate surface area is 149 Å². The number of amides is 2. The first-order valence-corrected chi connectivity index (χ1v) is 8.99. The van der Waals surface area contributed by atoms with Crippen molar-refractivity contribution in [1.82, 2.24) is 10.2 Å². The van der Waals surface area contributed by atoms with Crippen LogP contribution in [0.3, 0.4) is 0 Å². The van der Waals surface area contributed by atoms with Gasteiger partial charge in [-0.25, -0.2) is 4.79 Å². The second-order valence-electron chi connectivity index (χ2n) is 6.89. The van der Waals surface area contributed by atoms with Crippen LogP contribution in [0.5, 0.6) is 0 Å². The third kappa shape index (κ3) is 5.74. The smallest absolute Gasteiger partial charge is 0.407 e. The monoisotopic (exact) mass is 347 g/mol. The molecule has 6 nitrogen and oxygen atoms in total. The predicted octanol–water partition coefficient (Wildman–Crippen LogP) is 2.28. The number of ether oxygens (including phenoxy) is 1. The first-order chi connectivity index (χ1) is 12.0. The summed E-state index contributed by atoms with van der Waals surface area (Å²) >= 11 is 0. The van der Waals surface area contributed by atoms with E-state index in [9.17, 15) is 9.59 Å². The number of nitrogens with two attached hydrogens (primary N) is 1. The van der Waals surface area contributed by atoms with Crippen molar-refractivity contribution in [2.45, 2.75) is 51.8 Å². The zero-order valence-electron chi connectivity index (χ0n) is 15.1. The number of benzene rings is 1. The average Bonchev–Trinajstić information content (AvgIpc) is 2.64. The van der Waals surface area contributed by atoms with Gasteiger partial charge in [0.1, 0.15) is 6.61 Å². The van der Waals surface area contributed by atoms with Crippen LogP contribution in [0.15, 0.2) is 30.3 Å². The molecular formula is C19H29N3O3. The van der Waals surface area contributed by atoms with E-state index in [0.717, 1.165) is 24.8 Å². The molecular weight excluding hydrogens is 318 g/mol. The highest BCUT2D eigenvalue weighted by molar-refractivity contribution is 5.82. The molecule has 0 radical (unpaired) electrons. The standard InChI is InChI=1S/C19H29N3O3/c1-14(2)17(20)18(23)22-11-7-6-10-16(22)12-21-19(24)25-13-15-8-4-3-5-9-15/h3-5,8-9,14,16-17H,6-7,10-13,20H2,1-2H3,(H,21,24). The van der Waals surface area contributed by atoms with Crippen molar-refractivity contribution in [1.29, 1.82) is 0 Å². The molecule has 1 aromatic rings. The van der Waals surface area contributed by atoms with Gasteiger partial charge in [0.15, 0.2) is 0 Å². The Hall–Kier alpha value is -2.08. The van der Waals surface area contributed by atoms with E-state index in [4.69, 9.17) is 10.5 Å². The highest BCUT2D eigenvalue weighted by atomic mass is 16.5. The Morgan fingerprint density at radius 1 is 1.28 bits per heavy atom. The molecule has 1 fully saturated rings. The molecule has 25 heavy (non-hydrogen) atoms. The first-order valence-electron chi connectivity index (χ1n) is 8.99. The van der Waals surface area contributed by atoms with Crippen molar-refractivity contribution in [2.24, 2.45) is 11.7 Å². The number of alkyl carbamates (subject to hydrolysis) is 1. The molecule has 0 aliphatic carbocycles. The van der Waals surface area contributed by atoms with E-state index in [-0.39, 0.29) is 24.5 Å². The molecule has 2 atom stereocenters. The summed E-state index contributed by atoms with van der Waals surface area (Å²) in [4.78, 5) is 26.3. The lowest BCUT2D eigenvalue weighted by Crippen LogP contribution is -2.55. The number of hydrogen-bond acceptors (Lipinski definition) is 4. The van der Waals surface area contributed by atoms with Gasteiger partial charge < -0.3 is 20.7 Å². The molecule has 2 rings (SSSR count). The summed E-state index contributed by atoms with van der Waals surface area (Å²) in [6, 6.07) is 9.02. The molecule has 3 N–H and O–H groups in total. The van der Waals surface area contributed by atoms with Crippen LogP contribution >= 0.6 is 0 Å². The highest BCUT2D eigenvalue weighted by Gasteiger charge is 2.31. The number of nitrogens with zero attached hydrogens (tertiary/aromatic N) is 1. The summed E-state index contributed by atoms with van der Waals surface area (Å²) in [5.41, 5.74) is 6.96. The number of piperidine rings is 1. The lowest BCUT2D eigenvalue weighted by Gasteiger charge is -2.37. The molecule has 2 amide bonds. The minimum absolute atomic E-state index is 0.0182. The third-order valence-electron chi connectivity index (χ3n) is 4.61. The molecule has 0 spiro atoms. The Kier molecular flexibility index (Phi) is 7.25. The normalized spacial score (nSPS) is 18.7. The molecule has 138 valence electrons. The van der Waals surface area contributed by atoms with E-state index in [0.29, 0.717) is 13.1 Å². The van der Waals surface area contributed by atoms with E-state index < -0.39 is 12.1 Å². The van der Waals surface area contributed by atoms with E-state index in [2.05, 4.69) is 5.32 Å². The Morgan fingerprint density at radius 3 is 2.68 bits per heavy atom. The molecule has 1 heterocycles. The van der Waals surface area contributed by atoms with Gasteiger partial charge in [-0.2, -0.15) is 0 Å². The largest absolute Gasteiger partial charge is 0.445 e. The predicted molar refractivity (Wildman–Crippen MR) is 96.8 cm³/mol. The molecule has 1 aromatic carbocycles. The van der Waals surface area contributed by atoms with Crippen LogP contribution in [-0.4, -0.2) is 42.1 Å². The van der Waals surface area contributed by atoms with Gasteiger partial charge >= 0.3 is 6.09 Å². The first kappa shape index (κ1) is 19.2. The number of hydrogen-bond donors (Lipinski definition) is 2. The molecule has 0 saturated carbocycles. The SMILES string of the molecule is CC(C)C(N)C(=O)N1CCCCC1CNC(=O)OCc1ccccc1. The topological polar surface area (TPSA) is 84.7 Å². The van der Waals surface area contributed by atoms with Gasteiger partial charge in [0.05, 0.1) is 6.04 Å². The van der Waals surface area contributed by atoms with Crippen molar-refractivity contribution < 1.29 is 14.3 Å². The molecule has 6 heteroatoms. The number of carbonyl (C=O) groups is 2. The molecule has 1 aliphatic heterocycles. The third-order valence-corrected chi connectivity index (χ3v) is 4.61. The number of rotatable bonds is 6. The second-order valence-corrected chi connectivity index (χ2v) is 6.89. The maximum atomic E-state index is 12.6. The van der Waals surface area contributed by atoms with Gasteiger partial charge in [-0.05, 0) is 30.7 Å². The summed E-state index contributed by atoms with van der Waals surface area (Å²) in [6.07, 6.45) is 2.43.